The standard InChI is InChI=1S/C23H19BrN4OS/c1-13-9-17(15(3)28(13)23-21(12-26)14(2)16(4)30-23)10-18(11-25)22(29)27-20-7-5-19(24)6-8-20/h5-10H,1-4H3,(H,27,29)/b18-10-. The zero-order valence-corrected chi connectivity index (χ0v) is 19.4. The molecule has 0 spiro atoms. The molecule has 0 aliphatic rings. The van der Waals surface area contributed by atoms with Gasteiger partial charge in [0.05, 0.1) is 5.56 Å². The van der Waals surface area contributed by atoms with Crippen LogP contribution in [0.4, 0.5) is 5.69 Å². The molecule has 30 heavy (non-hydrogen) atoms. The van der Waals surface area contributed by atoms with E-state index in [0.717, 1.165) is 36.9 Å². The van der Waals surface area contributed by atoms with E-state index in [9.17, 15) is 15.3 Å². The number of halogens is 1. The Morgan fingerprint density at radius 2 is 1.83 bits per heavy atom. The highest BCUT2D eigenvalue weighted by molar-refractivity contribution is 9.10. The van der Waals surface area contributed by atoms with E-state index >= 15 is 0 Å². The van der Waals surface area contributed by atoms with Crippen LogP contribution in [-0.4, -0.2) is 10.5 Å². The van der Waals surface area contributed by atoms with Crippen molar-refractivity contribution in [3.63, 3.8) is 0 Å². The fourth-order valence-corrected chi connectivity index (χ4v) is 4.66. The lowest BCUT2D eigenvalue weighted by Gasteiger charge is -2.08. The summed E-state index contributed by atoms with van der Waals surface area (Å²) in [5.41, 5.74) is 4.83. The van der Waals surface area contributed by atoms with E-state index in [1.54, 1.807) is 29.5 Å². The summed E-state index contributed by atoms with van der Waals surface area (Å²) in [6, 6.07) is 13.4. The molecule has 0 fully saturated rings. The number of rotatable bonds is 4. The first-order valence-electron chi connectivity index (χ1n) is 9.15. The van der Waals surface area contributed by atoms with Gasteiger partial charge in [-0.1, -0.05) is 15.9 Å². The number of benzene rings is 1. The van der Waals surface area contributed by atoms with Gasteiger partial charge in [0.15, 0.2) is 0 Å². The molecule has 0 radical (unpaired) electrons. The van der Waals surface area contributed by atoms with Gasteiger partial charge in [-0.3, -0.25) is 4.79 Å². The lowest BCUT2D eigenvalue weighted by atomic mass is 10.1. The Kier molecular flexibility index (Phi) is 6.26. The number of aromatic nitrogens is 1. The van der Waals surface area contributed by atoms with Crippen molar-refractivity contribution >= 4 is 44.9 Å². The normalized spacial score (nSPS) is 11.1. The van der Waals surface area contributed by atoms with Gasteiger partial charge in [-0.2, -0.15) is 10.5 Å². The molecule has 1 N–H and O–H groups in total. The Balaban J connectivity index is 1.99. The van der Waals surface area contributed by atoms with E-state index in [1.165, 1.54) is 0 Å². The van der Waals surface area contributed by atoms with Crippen LogP contribution in [-0.2, 0) is 4.79 Å². The van der Waals surface area contributed by atoms with Crippen LogP contribution in [0.25, 0.3) is 11.1 Å². The molecule has 0 aliphatic carbocycles. The Morgan fingerprint density at radius 1 is 1.17 bits per heavy atom. The number of thiophene rings is 1. The summed E-state index contributed by atoms with van der Waals surface area (Å²) in [5.74, 6) is -0.467. The molecule has 0 atom stereocenters. The molecule has 2 aromatic heterocycles. The number of nitriles is 2. The summed E-state index contributed by atoms with van der Waals surface area (Å²) >= 11 is 4.92. The Morgan fingerprint density at radius 3 is 2.43 bits per heavy atom. The number of amides is 1. The van der Waals surface area contributed by atoms with Crippen LogP contribution >= 0.6 is 27.3 Å². The Labute approximate surface area is 188 Å². The van der Waals surface area contributed by atoms with Gasteiger partial charge in [-0.25, -0.2) is 0 Å². The van der Waals surface area contributed by atoms with Crippen molar-refractivity contribution in [3.05, 3.63) is 73.3 Å². The maximum Gasteiger partial charge on any atom is 0.266 e. The summed E-state index contributed by atoms with van der Waals surface area (Å²) in [6.07, 6.45) is 1.59. The summed E-state index contributed by atoms with van der Waals surface area (Å²) in [7, 11) is 0. The predicted molar refractivity (Wildman–Crippen MR) is 124 cm³/mol. The van der Waals surface area contributed by atoms with Crippen LogP contribution in [0.5, 0.6) is 0 Å². The number of nitrogens with zero attached hydrogens (tertiary/aromatic N) is 3. The number of anilines is 1. The van der Waals surface area contributed by atoms with Gasteiger partial charge >= 0.3 is 0 Å². The van der Waals surface area contributed by atoms with Crippen molar-refractivity contribution in [2.75, 3.05) is 5.32 Å². The molecule has 7 heteroatoms. The SMILES string of the molecule is Cc1sc(-n2c(C)cc(/C=C(/C#N)C(=O)Nc3ccc(Br)cc3)c2C)c(C#N)c1C. The first-order valence-corrected chi connectivity index (χ1v) is 10.8. The lowest BCUT2D eigenvalue weighted by molar-refractivity contribution is -0.112. The molecule has 0 bridgehead atoms. The second kappa shape index (κ2) is 8.71. The van der Waals surface area contributed by atoms with Gasteiger partial charge in [0.25, 0.3) is 5.91 Å². The maximum atomic E-state index is 12.6. The van der Waals surface area contributed by atoms with Gasteiger partial charge in [0.1, 0.15) is 22.7 Å². The molecular formula is C23H19BrN4OS. The summed E-state index contributed by atoms with van der Waals surface area (Å²) in [4.78, 5) is 13.7. The molecule has 0 unspecified atom stereocenters. The largest absolute Gasteiger partial charge is 0.321 e. The number of carbonyl (C=O) groups excluding carboxylic acids is 1. The summed E-state index contributed by atoms with van der Waals surface area (Å²) in [5, 5.41) is 22.8. The van der Waals surface area contributed by atoms with Gasteiger partial charge in [-0.15, -0.1) is 11.3 Å². The van der Waals surface area contributed by atoms with Gasteiger partial charge < -0.3 is 9.88 Å². The summed E-state index contributed by atoms with van der Waals surface area (Å²) in [6.45, 7) is 7.82. The molecule has 1 aromatic carbocycles. The second-order valence-electron chi connectivity index (χ2n) is 6.87. The van der Waals surface area contributed by atoms with E-state index in [4.69, 9.17) is 0 Å². The van der Waals surface area contributed by atoms with Crippen LogP contribution in [0.1, 0.15) is 33.0 Å². The van der Waals surface area contributed by atoms with Crippen molar-refractivity contribution in [1.82, 2.24) is 4.57 Å². The first kappa shape index (κ1) is 21.6. The van der Waals surface area contributed by atoms with Gasteiger partial charge in [-0.05, 0) is 75.2 Å². The third kappa shape index (κ3) is 4.09. The highest BCUT2D eigenvalue weighted by atomic mass is 79.9. The van der Waals surface area contributed by atoms with Crippen LogP contribution in [0.2, 0.25) is 0 Å². The van der Waals surface area contributed by atoms with Crippen molar-refractivity contribution in [3.8, 4) is 17.1 Å². The highest BCUT2D eigenvalue weighted by Crippen LogP contribution is 2.34. The summed E-state index contributed by atoms with van der Waals surface area (Å²) < 4.78 is 2.91. The Bertz CT molecular complexity index is 1250. The van der Waals surface area contributed by atoms with E-state index in [0.29, 0.717) is 11.3 Å². The third-order valence-electron chi connectivity index (χ3n) is 4.92. The number of hydrogen-bond acceptors (Lipinski definition) is 4. The minimum absolute atomic E-state index is 0.0113. The number of carbonyl (C=O) groups is 1. The van der Waals surface area contributed by atoms with Gasteiger partial charge in [0, 0.05) is 26.4 Å². The van der Waals surface area contributed by atoms with Crippen LogP contribution in [0.15, 0.2) is 40.4 Å². The fourth-order valence-electron chi connectivity index (χ4n) is 3.18. The zero-order valence-electron chi connectivity index (χ0n) is 17.0. The second-order valence-corrected chi connectivity index (χ2v) is 8.99. The minimum Gasteiger partial charge on any atom is -0.321 e. The quantitative estimate of drug-likeness (QED) is 0.371. The third-order valence-corrected chi connectivity index (χ3v) is 6.64. The molecule has 3 rings (SSSR count). The number of aryl methyl sites for hydroxylation is 2. The maximum absolute atomic E-state index is 12.6. The molecular weight excluding hydrogens is 460 g/mol. The van der Waals surface area contributed by atoms with Gasteiger partial charge in [0.2, 0.25) is 0 Å². The predicted octanol–water partition coefficient (Wildman–Crippen LogP) is 5.95. The van der Waals surface area contributed by atoms with E-state index in [2.05, 4.69) is 27.3 Å². The highest BCUT2D eigenvalue weighted by Gasteiger charge is 2.19. The van der Waals surface area contributed by atoms with Crippen molar-refractivity contribution in [2.24, 2.45) is 0 Å². The average molecular weight is 479 g/mol. The molecule has 0 saturated heterocycles. The van der Waals surface area contributed by atoms with Crippen molar-refractivity contribution in [2.45, 2.75) is 27.7 Å². The Hall–Kier alpha value is -3.13. The monoisotopic (exact) mass is 478 g/mol. The van der Waals surface area contributed by atoms with Crippen LogP contribution in [0, 0.1) is 50.4 Å². The van der Waals surface area contributed by atoms with Crippen molar-refractivity contribution < 1.29 is 4.79 Å². The number of nitrogens with one attached hydrogen (secondary N) is 1. The zero-order chi connectivity index (χ0) is 22.0. The molecule has 3 aromatic rings. The first-order chi connectivity index (χ1) is 14.3. The minimum atomic E-state index is -0.467. The van der Waals surface area contributed by atoms with E-state index in [1.807, 2.05) is 56.5 Å². The van der Waals surface area contributed by atoms with Crippen molar-refractivity contribution in [1.29, 1.82) is 10.5 Å². The van der Waals surface area contributed by atoms with Crippen LogP contribution in [0.3, 0.4) is 0 Å². The molecule has 1 amide bonds. The molecule has 0 saturated carbocycles. The number of hydrogen-bond donors (Lipinski definition) is 1. The smallest absolute Gasteiger partial charge is 0.266 e. The molecule has 5 nitrogen and oxygen atoms in total. The van der Waals surface area contributed by atoms with E-state index in [-0.39, 0.29) is 5.57 Å². The topological polar surface area (TPSA) is 81.6 Å². The fraction of sp³-hybridized carbons (Fsp3) is 0.174. The van der Waals surface area contributed by atoms with Crippen LogP contribution < -0.4 is 5.32 Å². The molecule has 2 heterocycles. The van der Waals surface area contributed by atoms with E-state index < -0.39 is 5.91 Å². The lowest BCUT2D eigenvalue weighted by Crippen LogP contribution is -2.13. The molecule has 150 valence electrons. The average Bonchev–Trinajstić information content (AvgIpc) is 3.15. The molecule has 0 aliphatic heterocycles.